The van der Waals surface area contributed by atoms with Crippen molar-refractivity contribution in [3.8, 4) is 0 Å². The van der Waals surface area contributed by atoms with Gasteiger partial charge in [0.05, 0.1) is 6.04 Å². The number of nitrogens with one attached hydrogen (secondary N) is 2. The lowest BCUT2D eigenvalue weighted by molar-refractivity contribution is -0.206. The Morgan fingerprint density at radius 1 is 1.09 bits per heavy atom. The van der Waals surface area contributed by atoms with Crippen LogP contribution in [0.4, 0.5) is 13.2 Å². The number of amides is 1. The molecule has 0 aromatic carbocycles. The third-order valence-electron chi connectivity index (χ3n) is 4.14. The molecule has 1 aliphatic heterocycles. The van der Waals surface area contributed by atoms with E-state index in [2.05, 4.69) is 15.4 Å². The zero-order valence-electron chi connectivity index (χ0n) is 12.2. The van der Waals surface area contributed by atoms with Gasteiger partial charge in [-0.1, -0.05) is 19.3 Å². The molecule has 8 heteroatoms. The van der Waals surface area contributed by atoms with Gasteiger partial charge in [-0.25, -0.2) is 4.79 Å². The van der Waals surface area contributed by atoms with Crippen LogP contribution in [-0.2, 0) is 14.3 Å². The molecular weight excluding hydrogens is 301 g/mol. The van der Waals surface area contributed by atoms with E-state index in [9.17, 15) is 22.8 Å². The van der Waals surface area contributed by atoms with E-state index in [1.54, 1.807) is 0 Å². The number of hydrogen-bond donors (Lipinski definition) is 2. The van der Waals surface area contributed by atoms with E-state index in [0.717, 1.165) is 38.5 Å². The second-order valence-electron chi connectivity index (χ2n) is 5.87. The minimum Gasteiger partial charge on any atom is -0.444 e. The Bertz CT molecular complexity index is 403. The lowest BCUT2D eigenvalue weighted by atomic mass is 9.95. The molecule has 1 heterocycles. The number of esters is 1. The molecule has 2 N–H and O–H groups in total. The fraction of sp³-hybridized carbons (Fsp3) is 0.857. The van der Waals surface area contributed by atoms with Crippen molar-refractivity contribution in [2.45, 2.75) is 69.3 Å². The van der Waals surface area contributed by atoms with E-state index in [4.69, 9.17) is 0 Å². The van der Waals surface area contributed by atoms with Gasteiger partial charge in [-0.15, -0.1) is 0 Å². The summed E-state index contributed by atoms with van der Waals surface area (Å²) in [5.74, 6) is -2.95. The zero-order chi connectivity index (χ0) is 16.2. The fourth-order valence-electron chi connectivity index (χ4n) is 3.00. The maximum Gasteiger partial charge on any atom is 0.490 e. The monoisotopic (exact) mass is 322 g/mol. The molecule has 0 spiro atoms. The lowest BCUT2D eigenvalue weighted by Gasteiger charge is -2.28. The number of halogens is 3. The molecular formula is C14H21F3N2O3. The van der Waals surface area contributed by atoms with Crippen molar-refractivity contribution in [1.29, 1.82) is 0 Å². The molecule has 0 bridgehead atoms. The van der Waals surface area contributed by atoms with Gasteiger partial charge >= 0.3 is 12.1 Å². The summed E-state index contributed by atoms with van der Waals surface area (Å²) in [6, 6.07) is -0.607. The van der Waals surface area contributed by atoms with E-state index in [1.165, 1.54) is 0 Å². The predicted octanol–water partition coefficient (Wildman–Crippen LogP) is 1.66. The molecule has 0 aromatic rings. The Morgan fingerprint density at radius 3 is 2.32 bits per heavy atom. The first-order chi connectivity index (χ1) is 10.4. The van der Waals surface area contributed by atoms with Crippen LogP contribution in [0.1, 0.15) is 44.9 Å². The summed E-state index contributed by atoms with van der Waals surface area (Å²) in [5, 5.41) is 5.66. The summed E-state index contributed by atoms with van der Waals surface area (Å²) in [4.78, 5) is 23.3. The zero-order valence-corrected chi connectivity index (χ0v) is 12.2. The van der Waals surface area contributed by atoms with Crippen LogP contribution in [0.25, 0.3) is 0 Å². The maximum atomic E-state index is 12.4. The van der Waals surface area contributed by atoms with Gasteiger partial charge < -0.3 is 15.4 Å². The third-order valence-corrected chi connectivity index (χ3v) is 4.14. The summed E-state index contributed by atoms with van der Waals surface area (Å²) in [6.07, 6.45) is -0.591. The van der Waals surface area contributed by atoms with Crippen molar-refractivity contribution in [3.05, 3.63) is 0 Å². The minimum atomic E-state index is -5.10. The largest absolute Gasteiger partial charge is 0.490 e. The molecule has 1 saturated heterocycles. The molecule has 5 nitrogen and oxygen atoms in total. The highest BCUT2D eigenvalue weighted by Gasteiger charge is 2.45. The summed E-state index contributed by atoms with van der Waals surface area (Å²) in [6.45, 7) is 0.599. The Kier molecular flexibility index (Phi) is 5.66. The minimum absolute atomic E-state index is 0.0465. The van der Waals surface area contributed by atoms with Crippen LogP contribution in [0.15, 0.2) is 0 Å². The molecule has 2 fully saturated rings. The van der Waals surface area contributed by atoms with Crippen LogP contribution in [0.3, 0.4) is 0 Å². The number of alkyl halides is 3. The van der Waals surface area contributed by atoms with Gasteiger partial charge in [0.2, 0.25) is 0 Å². The molecule has 0 radical (unpaired) electrons. The Balaban J connectivity index is 1.99. The van der Waals surface area contributed by atoms with Crippen LogP contribution >= 0.6 is 0 Å². The van der Waals surface area contributed by atoms with Crippen LogP contribution in [-0.4, -0.2) is 42.8 Å². The normalized spacial score (nSPS) is 24.8. The van der Waals surface area contributed by atoms with Crippen molar-refractivity contribution in [1.82, 2.24) is 10.6 Å². The molecule has 1 saturated carbocycles. The van der Waals surface area contributed by atoms with Crippen LogP contribution < -0.4 is 10.6 Å². The number of rotatable bonds is 4. The van der Waals surface area contributed by atoms with E-state index in [-0.39, 0.29) is 6.04 Å². The average molecular weight is 322 g/mol. The number of hydrogen-bond acceptors (Lipinski definition) is 4. The Morgan fingerprint density at radius 2 is 1.77 bits per heavy atom. The molecule has 2 atom stereocenters. The van der Waals surface area contributed by atoms with Gasteiger partial charge in [-0.3, -0.25) is 4.79 Å². The molecule has 2 aliphatic rings. The van der Waals surface area contributed by atoms with Gasteiger partial charge in [-0.2, -0.15) is 13.2 Å². The Hall–Kier alpha value is -1.31. The van der Waals surface area contributed by atoms with Gasteiger partial charge in [0, 0.05) is 6.04 Å². The molecule has 1 amide bonds. The van der Waals surface area contributed by atoms with Crippen LogP contribution in [0.5, 0.6) is 0 Å². The highest BCUT2D eigenvalue weighted by atomic mass is 19.4. The topological polar surface area (TPSA) is 67.4 Å². The molecule has 22 heavy (non-hydrogen) atoms. The summed E-state index contributed by atoms with van der Waals surface area (Å²) < 4.78 is 41.6. The second kappa shape index (κ2) is 7.30. The molecule has 126 valence electrons. The summed E-state index contributed by atoms with van der Waals surface area (Å²) in [5.41, 5.74) is 0. The first-order valence-corrected chi connectivity index (χ1v) is 7.69. The highest BCUT2D eigenvalue weighted by molar-refractivity contribution is 5.86. The average Bonchev–Trinajstić information content (AvgIpc) is 2.98. The highest BCUT2D eigenvalue weighted by Crippen LogP contribution is 2.22. The van der Waals surface area contributed by atoms with Gasteiger partial charge in [0.15, 0.2) is 6.10 Å². The summed E-state index contributed by atoms with van der Waals surface area (Å²) in [7, 11) is 0. The van der Waals surface area contributed by atoms with Crippen molar-refractivity contribution >= 4 is 11.9 Å². The predicted molar refractivity (Wildman–Crippen MR) is 72.0 cm³/mol. The smallest absolute Gasteiger partial charge is 0.444 e. The first kappa shape index (κ1) is 17.1. The van der Waals surface area contributed by atoms with E-state index >= 15 is 0 Å². The van der Waals surface area contributed by atoms with E-state index in [0.29, 0.717) is 13.0 Å². The van der Waals surface area contributed by atoms with Crippen molar-refractivity contribution < 1.29 is 27.5 Å². The third kappa shape index (κ3) is 4.59. The van der Waals surface area contributed by atoms with E-state index < -0.39 is 30.2 Å². The van der Waals surface area contributed by atoms with Gasteiger partial charge in [0.1, 0.15) is 0 Å². The van der Waals surface area contributed by atoms with Crippen LogP contribution in [0.2, 0.25) is 0 Å². The van der Waals surface area contributed by atoms with Crippen molar-refractivity contribution in [2.75, 3.05) is 6.54 Å². The first-order valence-electron chi connectivity index (χ1n) is 7.69. The summed E-state index contributed by atoms with van der Waals surface area (Å²) >= 11 is 0. The number of ether oxygens (including phenoxy) is 1. The number of carbonyl (C=O) groups excluding carboxylic acids is 2. The standard InChI is InChI=1S/C14H21F3N2O3/c15-14(16,17)13(21)22-11(10-7-4-8-18-10)12(20)19-9-5-2-1-3-6-9/h9-11,18H,1-8H2,(H,19,20). The number of carbonyl (C=O) groups is 2. The van der Waals surface area contributed by atoms with Crippen LogP contribution in [0, 0.1) is 0 Å². The second-order valence-corrected chi connectivity index (χ2v) is 5.87. The molecule has 0 aromatic heterocycles. The molecule has 2 unspecified atom stereocenters. The van der Waals surface area contributed by atoms with Crippen molar-refractivity contribution in [2.24, 2.45) is 0 Å². The van der Waals surface area contributed by atoms with Crippen molar-refractivity contribution in [3.63, 3.8) is 0 Å². The Labute approximate surface area is 127 Å². The van der Waals surface area contributed by atoms with E-state index in [1.807, 2.05) is 0 Å². The van der Waals surface area contributed by atoms with Gasteiger partial charge in [0.25, 0.3) is 5.91 Å². The lowest BCUT2D eigenvalue weighted by Crippen LogP contribution is -2.52. The maximum absolute atomic E-state index is 12.4. The molecule has 2 rings (SSSR count). The van der Waals surface area contributed by atoms with Gasteiger partial charge in [-0.05, 0) is 32.2 Å². The SMILES string of the molecule is O=C(NC1CCCCC1)C(OC(=O)C(F)(F)F)C1CCCN1. The fourth-order valence-corrected chi connectivity index (χ4v) is 3.00. The quantitative estimate of drug-likeness (QED) is 0.773. The molecule has 1 aliphatic carbocycles.